The van der Waals surface area contributed by atoms with Gasteiger partial charge in [0.05, 0.1) is 7.11 Å². The Morgan fingerprint density at radius 1 is 1.62 bits per heavy atom. The quantitative estimate of drug-likeness (QED) is 0.608. The molecule has 0 saturated carbocycles. The Hall–Kier alpha value is -1.09. The summed E-state index contributed by atoms with van der Waals surface area (Å²) in [6, 6.07) is 0. The van der Waals surface area contributed by atoms with Crippen LogP contribution in [0, 0.1) is 0 Å². The molecule has 0 aromatic carbocycles. The highest BCUT2D eigenvalue weighted by Crippen LogP contribution is 2.36. The molecule has 1 atom stereocenters. The standard InChI is InChI=1S/C10H12O3/c1-12-9-7-8(11)3-5-10(9)4-2-6-13-10/h3,5,7H,2,4,6H2,1H3. The average molecular weight is 180 g/mol. The fraction of sp³-hybridized carbons (Fsp3) is 0.500. The molecule has 2 rings (SSSR count). The summed E-state index contributed by atoms with van der Waals surface area (Å²) in [5.74, 6) is 0.607. The fourth-order valence-electron chi connectivity index (χ4n) is 1.82. The minimum absolute atomic E-state index is 0.0297. The second kappa shape index (κ2) is 3.00. The van der Waals surface area contributed by atoms with E-state index in [2.05, 4.69) is 0 Å². The number of allylic oxidation sites excluding steroid dienone is 2. The lowest BCUT2D eigenvalue weighted by molar-refractivity contribution is -0.111. The highest BCUT2D eigenvalue weighted by Gasteiger charge is 2.39. The molecule has 0 aromatic heterocycles. The molecule has 0 amide bonds. The number of rotatable bonds is 1. The van der Waals surface area contributed by atoms with E-state index in [9.17, 15) is 4.79 Å². The maximum Gasteiger partial charge on any atom is 0.181 e. The van der Waals surface area contributed by atoms with E-state index in [1.807, 2.05) is 0 Å². The van der Waals surface area contributed by atoms with E-state index in [1.54, 1.807) is 19.3 Å². The number of hydrogen-bond donors (Lipinski definition) is 0. The van der Waals surface area contributed by atoms with Gasteiger partial charge in [-0.2, -0.15) is 0 Å². The second-order valence-corrected chi connectivity index (χ2v) is 3.29. The van der Waals surface area contributed by atoms with Gasteiger partial charge in [-0.05, 0) is 25.0 Å². The van der Waals surface area contributed by atoms with Gasteiger partial charge in [0.2, 0.25) is 0 Å². The Balaban J connectivity index is 2.32. The summed E-state index contributed by atoms with van der Waals surface area (Å²) in [6.45, 7) is 0.735. The van der Waals surface area contributed by atoms with E-state index in [0.717, 1.165) is 19.4 Å². The molecular formula is C10H12O3. The number of carbonyl (C=O) groups is 1. The van der Waals surface area contributed by atoms with E-state index >= 15 is 0 Å². The highest BCUT2D eigenvalue weighted by molar-refractivity contribution is 6.01. The van der Waals surface area contributed by atoms with Crippen molar-refractivity contribution < 1.29 is 14.3 Å². The van der Waals surface area contributed by atoms with Crippen LogP contribution in [0.3, 0.4) is 0 Å². The molecule has 13 heavy (non-hydrogen) atoms. The predicted octanol–water partition coefficient (Wildman–Crippen LogP) is 1.20. The van der Waals surface area contributed by atoms with Gasteiger partial charge in [-0.15, -0.1) is 0 Å². The van der Waals surface area contributed by atoms with Crippen LogP contribution in [0.2, 0.25) is 0 Å². The lowest BCUT2D eigenvalue weighted by Crippen LogP contribution is -2.31. The van der Waals surface area contributed by atoms with Crippen LogP contribution in [-0.4, -0.2) is 25.1 Å². The van der Waals surface area contributed by atoms with E-state index < -0.39 is 5.60 Å². The van der Waals surface area contributed by atoms with Gasteiger partial charge in [-0.3, -0.25) is 4.79 Å². The largest absolute Gasteiger partial charge is 0.498 e. The van der Waals surface area contributed by atoms with Crippen molar-refractivity contribution in [2.45, 2.75) is 18.4 Å². The van der Waals surface area contributed by atoms with E-state index in [1.165, 1.54) is 6.08 Å². The minimum atomic E-state index is -0.442. The van der Waals surface area contributed by atoms with Crippen molar-refractivity contribution in [2.75, 3.05) is 13.7 Å². The van der Waals surface area contributed by atoms with Crippen molar-refractivity contribution in [3.05, 3.63) is 24.0 Å². The molecule has 3 heteroatoms. The molecule has 0 N–H and O–H groups in total. The summed E-state index contributed by atoms with van der Waals surface area (Å²) in [5, 5.41) is 0. The zero-order valence-corrected chi connectivity index (χ0v) is 7.58. The van der Waals surface area contributed by atoms with Crippen molar-refractivity contribution >= 4 is 5.78 Å². The number of hydrogen-bond acceptors (Lipinski definition) is 3. The van der Waals surface area contributed by atoms with Gasteiger partial charge in [0.1, 0.15) is 11.4 Å². The van der Waals surface area contributed by atoms with Crippen LogP contribution >= 0.6 is 0 Å². The first kappa shape index (κ1) is 8.51. The third-order valence-corrected chi connectivity index (χ3v) is 2.48. The molecule has 0 radical (unpaired) electrons. The summed E-state index contributed by atoms with van der Waals surface area (Å²) in [6.07, 6.45) is 6.77. The normalized spacial score (nSPS) is 32.4. The van der Waals surface area contributed by atoms with Gasteiger partial charge >= 0.3 is 0 Å². The maximum absolute atomic E-state index is 11.1. The van der Waals surface area contributed by atoms with Gasteiger partial charge in [0, 0.05) is 12.7 Å². The Morgan fingerprint density at radius 2 is 2.46 bits per heavy atom. The third-order valence-electron chi connectivity index (χ3n) is 2.48. The zero-order valence-electron chi connectivity index (χ0n) is 7.58. The van der Waals surface area contributed by atoms with Gasteiger partial charge in [-0.25, -0.2) is 0 Å². The molecule has 1 heterocycles. The summed E-state index contributed by atoms with van der Waals surface area (Å²) < 4.78 is 10.8. The molecule has 0 aromatic rings. The highest BCUT2D eigenvalue weighted by atomic mass is 16.5. The molecule has 1 saturated heterocycles. The van der Waals surface area contributed by atoms with Crippen molar-refractivity contribution in [1.82, 2.24) is 0 Å². The van der Waals surface area contributed by atoms with Gasteiger partial charge in [0.15, 0.2) is 5.78 Å². The van der Waals surface area contributed by atoms with Crippen molar-refractivity contribution in [3.8, 4) is 0 Å². The Bertz CT molecular complexity index is 283. The summed E-state index contributed by atoms with van der Waals surface area (Å²) in [7, 11) is 1.57. The van der Waals surface area contributed by atoms with Crippen LogP contribution in [0.15, 0.2) is 24.0 Å². The fourth-order valence-corrected chi connectivity index (χ4v) is 1.82. The van der Waals surface area contributed by atoms with Gasteiger partial charge in [-0.1, -0.05) is 0 Å². The summed E-state index contributed by atoms with van der Waals surface area (Å²) >= 11 is 0. The SMILES string of the molecule is COC1=CC(=O)C=CC12CCCO2. The molecule has 2 aliphatic rings. The zero-order chi connectivity index (χ0) is 9.31. The van der Waals surface area contributed by atoms with Crippen LogP contribution in [0.5, 0.6) is 0 Å². The number of ketones is 1. The summed E-state index contributed by atoms with van der Waals surface area (Å²) in [4.78, 5) is 11.1. The molecule has 1 aliphatic heterocycles. The molecular weight excluding hydrogens is 168 g/mol. The Morgan fingerprint density at radius 3 is 3.08 bits per heavy atom. The van der Waals surface area contributed by atoms with Crippen LogP contribution in [0.25, 0.3) is 0 Å². The van der Waals surface area contributed by atoms with Crippen LogP contribution < -0.4 is 0 Å². The number of ether oxygens (including phenoxy) is 2. The Kier molecular flexibility index (Phi) is 1.96. The average Bonchev–Trinajstić information content (AvgIpc) is 2.59. The van der Waals surface area contributed by atoms with Crippen molar-refractivity contribution in [2.24, 2.45) is 0 Å². The van der Waals surface area contributed by atoms with Crippen LogP contribution in [0.4, 0.5) is 0 Å². The van der Waals surface area contributed by atoms with E-state index in [0.29, 0.717) is 5.76 Å². The minimum Gasteiger partial charge on any atom is -0.498 e. The van der Waals surface area contributed by atoms with E-state index in [4.69, 9.17) is 9.47 Å². The second-order valence-electron chi connectivity index (χ2n) is 3.29. The molecule has 1 aliphatic carbocycles. The molecule has 70 valence electrons. The lowest BCUT2D eigenvalue weighted by atomic mass is 9.92. The first-order chi connectivity index (χ1) is 6.27. The Labute approximate surface area is 77.0 Å². The predicted molar refractivity (Wildman–Crippen MR) is 47.2 cm³/mol. The lowest BCUT2D eigenvalue weighted by Gasteiger charge is -2.28. The monoisotopic (exact) mass is 180 g/mol. The van der Waals surface area contributed by atoms with Gasteiger partial charge in [0.25, 0.3) is 0 Å². The molecule has 1 fully saturated rings. The molecule has 1 spiro atoms. The van der Waals surface area contributed by atoms with Crippen LogP contribution in [0.1, 0.15) is 12.8 Å². The number of methoxy groups -OCH3 is 1. The van der Waals surface area contributed by atoms with Crippen molar-refractivity contribution in [3.63, 3.8) is 0 Å². The van der Waals surface area contributed by atoms with E-state index in [-0.39, 0.29) is 5.78 Å². The topological polar surface area (TPSA) is 35.5 Å². The molecule has 1 unspecified atom stereocenters. The first-order valence-corrected chi connectivity index (χ1v) is 4.40. The van der Waals surface area contributed by atoms with Crippen LogP contribution in [-0.2, 0) is 14.3 Å². The molecule has 3 nitrogen and oxygen atoms in total. The first-order valence-electron chi connectivity index (χ1n) is 4.40. The third kappa shape index (κ3) is 1.29. The maximum atomic E-state index is 11.1. The summed E-state index contributed by atoms with van der Waals surface area (Å²) in [5.41, 5.74) is -0.442. The van der Waals surface area contributed by atoms with Crippen molar-refractivity contribution in [1.29, 1.82) is 0 Å². The van der Waals surface area contributed by atoms with Gasteiger partial charge < -0.3 is 9.47 Å². The number of carbonyl (C=O) groups excluding carboxylic acids is 1. The smallest absolute Gasteiger partial charge is 0.181 e. The molecule has 0 bridgehead atoms.